The average Bonchev–Trinajstić information content (AvgIpc) is 2.52. The highest BCUT2D eigenvalue weighted by Crippen LogP contribution is 2.20. The summed E-state index contributed by atoms with van der Waals surface area (Å²) >= 11 is 0. The summed E-state index contributed by atoms with van der Waals surface area (Å²) in [7, 11) is 0. The van der Waals surface area contributed by atoms with Gasteiger partial charge < -0.3 is 0 Å². The van der Waals surface area contributed by atoms with Gasteiger partial charge >= 0.3 is 5.69 Å². The highest BCUT2D eigenvalue weighted by atomic mass is 35.5. The van der Waals surface area contributed by atoms with Gasteiger partial charge in [0.05, 0.1) is 4.92 Å². The van der Waals surface area contributed by atoms with Gasteiger partial charge in [0.25, 0.3) is 0 Å². The zero-order valence-corrected chi connectivity index (χ0v) is 12.4. The first-order chi connectivity index (χ1) is 10.2. The lowest BCUT2D eigenvalue weighted by molar-refractivity contribution is -0.384. The molecule has 0 atom stereocenters. The van der Waals surface area contributed by atoms with Crippen LogP contribution in [0, 0.1) is 10.1 Å². The maximum Gasteiger partial charge on any atom is 0.312 e. The molecule has 8 heteroatoms. The van der Waals surface area contributed by atoms with Crippen molar-refractivity contribution >= 4 is 29.7 Å². The van der Waals surface area contributed by atoms with Crippen LogP contribution in [0.25, 0.3) is 0 Å². The van der Waals surface area contributed by atoms with Crippen LogP contribution >= 0.6 is 12.4 Å². The first kappa shape index (κ1) is 17.4. The number of pyridine rings is 1. The standard InChI is InChI=1S/C14H14N4O3.ClH/c19-14(7-6-11-4-2-1-3-5-11)17-16-12-8-9-15-10-13(12)18(20)21;/h1-5,8-10H,6-7H2,(H,15,16)(H,17,19);1H. The molecule has 1 heterocycles. The van der Waals surface area contributed by atoms with Crippen molar-refractivity contribution in [3.8, 4) is 0 Å². The van der Waals surface area contributed by atoms with Crippen LogP contribution in [0.2, 0.25) is 0 Å². The van der Waals surface area contributed by atoms with Crippen LogP contribution < -0.4 is 10.9 Å². The van der Waals surface area contributed by atoms with Gasteiger partial charge in [-0.15, -0.1) is 12.4 Å². The summed E-state index contributed by atoms with van der Waals surface area (Å²) in [5.74, 6) is -0.245. The molecule has 0 saturated carbocycles. The van der Waals surface area contributed by atoms with Crippen molar-refractivity contribution in [1.82, 2.24) is 10.4 Å². The second kappa shape index (κ2) is 8.58. The molecule has 2 aromatic rings. The van der Waals surface area contributed by atoms with E-state index in [1.54, 1.807) is 0 Å². The Balaban J connectivity index is 0.00000242. The molecule has 0 aliphatic carbocycles. The summed E-state index contributed by atoms with van der Waals surface area (Å²) in [5.41, 5.74) is 6.05. The zero-order chi connectivity index (χ0) is 15.1. The third-order valence-corrected chi connectivity index (χ3v) is 2.82. The van der Waals surface area contributed by atoms with E-state index in [2.05, 4.69) is 15.8 Å². The van der Waals surface area contributed by atoms with Crippen LogP contribution in [0.15, 0.2) is 48.8 Å². The summed E-state index contributed by atoms with van der Waals surface area (Å²) in [6.07, 6.45) is 3.42. The van der Waals surface area contributed by atoms with Gasteiger partial charge in [-0.1, -0.05) is 30.3 Å². The molecule has 1 aromatic carbocycles. The van der Waals surface area contributed by atoms with Gasteiger partial charge in [-0.05, 0) is 18.1 Å². The lowest BCUT2D eigenvalue weighted by atomic mass is 10.1. The molecule has 0 aliphatic rings. The van der Waals surface area contributed by atoms with Gasteiger partial charge in [-0.2, -0.15) is 0 Å². The van der Waals surface area contributed by atoms with Crippen LogP contribution in [-0.2, 0) is 11.2 Å². The van der Waals surface area contributed by atoms with E-state index in [-0.39, 0.29) is 36.1 Å². The number of rotatable bonds is 6. The molecule has 1 amide bonds. The number of halogens is 1. The molecular formula is C14H15ClN4O3. The molecule has 0 fully saturated rings. The number of carbonyl (C=O) groups is 1. The van der Waals surface area contributed by atoms with Crippen molar-refractivity contribution in [3.05, 3.63) is 64.5 Å². The number of benzene rings is 1. The fourth-order valence-electron chi connectivity index (χ4n) is 1.74. The number of hydrogen-bond donors (Lipinski definition) is 2. The Morgan fingerprint density at radius 2 is 1.95 bits per heavy atom. The lowest BCUT2D eigenvalue weighted by Crippen LogP contribution is -2.29. The number of nitrogens with one attached hydrogen (secondary N) is 2. The molecule has 22 heavy (non-hydrogen) atoms. The Bertz CT molecular complexity index is 637. The minimum Gasteiger partial charge on any atom is -0.292 e. The molecule has 0 radical (unpaired) electrons. The predicted molar refractivity (Wildman–Crippen MR) is 84.7 cm³/mol. The number of aromatic nitrogens is 1. The molecule has 0 spiro atoms. The van der Waals surface area contributed by atoms with E-state index in [0.29, 0.717) is 6.42 Å². The van der Waals surface area contributed by atoms with Gasteiger partial charge in [-0.3, -0.25) is 30.7 Å². The quantitative estimate of drug-likeness (QED) is 0.629. The number of aryl methyl sites for hydroxylation is 1. The number of nitrogens with zero attached hydrogens (tertiary/aromatic N) is 2. The van der Waals surface area contributed by atoms with Crippen LogP contribution in [0.4, 0.5) is 11.4 Å². The summed E-state index contributed by atoms with van der Waals surface area (Å²) in [6, 6.07) is 11.0. The van der Waals surface area contributed by atoms with Gasteiger partial charge in [0.15, 0.2) is 0 Å². The molecule has 2 rings (SSSR count). The largest absolute Gasteiger partial charge is 0.312 e. The minimum atomic E-state index is -0.564. The first-order valence-corrected chi connectivity index (χ1v) is 6.34. The number of hydrazine groups is 1. The second-order valence-corrected chi connectivity index (χ2v) is 4.31. The van der Waals surface area contributed by atoms with Crippen molar-refractivity contribution in [2.75, 3.05) is 5.43 Å². The lowest BCUT2D eigenvalue weighted by Gasteiger charge is -2.08. The fourth-order valence-corrected chi connectivity index (χ4v) is 1.74. The van der Waals surface area contributed by atoms with Gasteiger partial charge in [-0.25, -0.2) is 0 Å². The average molecular weight is 323 g/mol. The van der Waals surface area contributed by atoms with E-state index in [1.807, 2.05) is 30.3 Å². The van der Waals surface area contributed by atoms with Crippen molar-refractivity contribution in [2.45, 2.75) is 12.8 Å². The van der Waals surface area contributed by atoms with E-state index < -0.39 is 4.92 Å². The smallest absolute Gasteiger partial charge is 0.292 e. The monoisotopic (exact) mass is 322 g/mol. The minimum absolute atomic E-state index is 0. The van der Waals surface area contributed by atoms with Crippen LogP contribution in [0.5, 0.6) is 0 Å². The van der Waals surface area contributed by atoms with Crippen molar-refractivity contribution < 1.29 is 9.72 Å². The first-order valence-electron chi connectivity index (χ1n) is 6.34. The van der Waals surface area contributed by atoms with Crippen molar-refractivity contribution in [3.63, 3.8) is 0 Å². The van der Waals surface area contributed by atoms with Crippen molar-refractivity contribution in [2.24, 2.45) is 0 Å². The number of nitro groups is 1. The molecule has 2 N–H and O–H groups in total. The third kappa shape index (κ3) is 5.02. The zero-order valence-electron chi connectivity index (χ0n) is 11.6. The Kier molecular flexibility index (Phi) is 6.78. The van der Waals surface area contributed by atoms with Crippen LogP contribution in [0.3, 0.4) is 0 Å². The predicted octanol–water partition coefficient (Wildman–Crippen LogP) is 2.49. The Morgan fingerprint density at radius 3 is 2.64 bits per heavy atom. The Morgan fingerprint density at radius 1 is 1.23 bits per heavy atom. The third-order valence-electron chi connectivity index (χ3n) is 2.82. The topological polar surface area (TPSA) is 97.2 Å². The van der Waals surface area contributed by atoms with Gasteiger partial charge in [0.2, 0.25) is 5.91 Å². The second-order valence-electron chi connectivity index (χ2n) is 4.31. The molecule has 0 unspecified atom stereocenters. The van der Waals surface area contributed by atoms with Crippen LogP contribution in [0.1, 0.15) is 12.0 Å². The fraction of sp³-hybridized carbons (Fsp3) is 0.143. The Labute approximate surface area is 133 Å². The van der Waals surface area contributed by atoms with Crippen molar-refractivity contribution in [1.29, 1.82) is 0 Å². The number of hydrogen-bond acceptors (Lipinski definition) is 5. The van der Waals surface area contributed by atoms with E-state index in [0.717, 1.165) is 11.8 Å². The molecule has 0 saturated heterocycles. The summed E-state index contributed by atoms with van der Waals surface area (Å²) in [6.45, 7) is 0. The van der Waals surface area contributed by atoms with Gasteiger partial charge in [0, 0.05) is 12.6 Å². The summed E-state index contributed by atoms with van der Waals surface area (Å²) in [4.78, 5) is 25.6. The van der Waals surface area contributed by atoms with E-state index in [1.165, 1.54) is 12.3 Å². The number of amides is 1. The van der Waals surface area contributed by atoms with Crippen LogP contribution in [-0.4, -0.2) is 15.8 Å². The Hall–Kier alpha value is -2.67. The molecule has 116 valence electrons. The molecule has 0 aliphatic heterocycles. The normalized spacial score (nSPS) is 9.45. The highest BCUT2D eigenvalue weighted by molar-refractivity contribution is 5.85. The van der Waals surface area contributed by atoms with Gasteiger partial charge in [0.1, 0.15) is 11.9 Å². The molecular weight excluding hydrogens is 308 g/mol. The molecule has 1 aromatic heterocycles. The van der Waals surface area contributed by atoms with E-state index in [4.69, 9.17) is 0 Å². The van der Waals surface area contributed by atoms with E-state index >= 15 is 0 Å². The maximum absolute atomic E-state index is 11.7. The maximum atomic E-state index is 11.7. The summed E-state index contributed by atoms with van der Waals surface area (Å²) < 4.78 is 0. The number of carbonyl (C=O) groups excluding carboxylic acids is 1. The number of anilines is 1. The molecule has 0 bridgehead atoms. The molecule has 7 nitrogen and oxygen atoms in total. The SMILES string of the molecule is Cl.O=C(CCc1ccccc1)NNc1ccncc1[N+](=O)[O-]. The highest BCUT2D eigenvalue weighted by Gasteiger charge is 2.13. The van der Waals surface area contributed by atoms with E-state index in [9.17, 15) is 14.9 Å². The summed E-state index contributed by atoms with van der Waals surface area (Å²) in [5, 5.41) is 10.8.